The second-order valence-electron chi connectivity index (χ2n) is 5.45. The standard InChI is InChI=1S/C16H17N5O3S2/c1-2-25-16-21-20-15(26-16)19-12(22)8-7-11-14(24)17-10-6-4-3-5-9(10)13(23)18-11/h3-6,11H,2,7-8H2,1H3,(H,17,24)(H,18,23)(H,19,20,22). The zero-order valence-electron chi connectivity index (χ0n) is 13.9. The van der Waals surface area contributed by atoms with Crippen LogP contribution in [-0.2, 0) is 9.59 Å². The molecule has 1 aromatic carbocycles. The van der Waals surface area contributed by atoms with Crippen LogP contribution in [-0.4, -0.2) is 39.7 Å². The molecule has 10 heteroatoms. The Kier molecular flexibility index (Phi) is 5.84. The van der Waals surface area contributed by atoms with Crippen LogP contribution in [0, 0.1) is 0 Å². The molecule has 0 spiro atoms. The number of benzene rings is 1. The number of amides is 3. The molecule has 2 aromatic rings. The second-order valence-corrected chi connectivity index (χ2v) is 7.94. The Balaban J connectivity index is 1.56. The van der Waals surface area contributed by atoms with E-state index >= 15 is 0 Å². The lowest BCUT2D eigenvalue weighted by atomic mass is 10.1. The van der Waals surface area contributed by atoms with E-state index in [2.05, 4.69) is 26.1 Å². The maximum atomic E-state index is 12.3. The molecule has 26 heavy (non-hydrogen) atoms. The third kappa shape index (κ3) is 4.38. The summed E-state index contributed by atoms with van der Waals surface area (Å²) in [6.45, 7) is 2.01. The number of aromatic nitrogens is 2. The van der Waals surface area contributed by atoms with E-state index in [-0.39, 0.29) is 30.6 Å². The summed E-state index contributed by atoms with van der Waals surface area (Å²) in [5.41, 5.74) is 0.874. The summed E-state index contributed by atoms with van der Waals surface area (Å²) in [6.07, 6.45) is 0.261. The third-order valence-corrected chi connectivity index (χ3v) is 5.49. The number of hydrogen-bond donors (Lipinski definition) is 3. The lowest BCUT2D eigenvalue weighted by Crippen LogP contribution is -2.41. The summed E-state index contributed by atoms with van der Waals surface area (Å²) in [5, 5.41) is 16.3. The van der Waals surface area contributed by atoms with Crippen molar-refractivity contribution in [3.05, 3.63) is 29.8 Å². The van der Waals surface area contributed by atoms with E-state index < -0.39 is 6.04 Å². The van der Waals surface area contributed by atoms with Crippen LogP contribution in [0.1, 0.15) is 30.1 Å². The Hall–Kier alpha value is -2.46. The van der Waals surface area contributed by atoms with E-state index in [1.165, 1.54) is 11.3 Å². The Morgan fingerprint density at radius 3 is 2.92 bits per heavy atom. The highest BCUT2D eigenvalue weighted by molar-refractivity contribution is 8.01. The maximum Gasteiger partial charge on any atom is 0.254 e. The van der Waals surface area contributed by atoms with Gasteiger partial charge in [0.05, 0.1) is 11.3 Å². The fraction of sp³-hybridized carbons (Fsp3) is 0.312. The summed E-state index contributed by atoms with van der Waals surface area (Å²) < 4.78 is 0.788. The summed E-state index contributed by atoms with van der Waals surface area (Å²) >= 11 is 2.85. The van der Waals surface area contributed by atoms with Gasteiger partial charge in [-0.2, -0.15) is 0 Å². The smallest absolute Gasteiger partial charge is 0.254 e. The van der Waals surface area contributed by atoms with E-state index in [0.717, 1.165) is 10.1 Å². The number of nitrogens with zero attached hydrogens (tertiary/aromatic N) is 2. The van der Waals surface area contributed by atoms with Crippen LogP contribution >= 0.6 is 23.1 Å². The minimum absolute atomic E-state index is 0.0740. The van der Waals surface area contributed by atoms with Crippen molar-refractivity contribution in [3.63, 3.8) is 0 Å². The van der Waals surface area contributed by atoms with Gasteiger partial charge in [0, 0.05) is 6.42 Å². The molecule has 0 radical (unpaired) electrons. The molecule has 0 bridgehead atoms. The van der Waals surface area contributed by atoms with Crippen molar-refractivity contribution in [2.24, 2.45) is 0 Å². The van der Waals surface area contributed by atoms with E-state index in [1.807, 2.05) is 6.92 Å². The van der Waals surface area contributed by atoms with Gasteiger partial charge in [-0.05, 0) is 24.3 Å². The molecular weight excluding hydrogens is 374 g/mol. The van der Waals surface area contributed by atoms with Gasteiger partial charge < -0.3 is 16.0 Å². The third-order valence-electron chi connectivity index (χ3n) is 3.63. The van der Waals surface area contributed by atoms with Gasteiger partial charge >= 0.3 is 0 Å². The minimum atomic E-state index is -0.777. The number of carbonyl (C=O) groups excluding carboxylic acids is 3. The molecular formula is C16H17N5O3S2. The number of para-hydroxylation sites is 1. The minimum Gasteiger partial charge on any atom is -0.340 e. The lowest BCUT2D eigenvalue weighted by Gasteiger charge is -2.13. The normalized spacial score (nSPS) is 16.3. The summed E-state index contributed by atoms with van der Waals surface area (Å²) in [6, 6.07) is 6.00. The second kappa shape index (κ2) is 8.28. The molecule has 3 amide bonds. The number of hydrogen-bond acceptors (Lipinski definition) is 7. The van der Waals surface area contributed by atoms with Crippen molar-refractivity contribution >= 4 is 51.6 Å². The van der Waals surface area contributed by atoms with Gasteiger partial charge in [0.25, 0.3) is 5.91 Å². The lowest BCUT2D eigenvalue weighted by molar-refractivity contribution is -0.118. The van der Waals surface area contributed by atoms with Gasteiger partial charge in [-0.15, -0.1) is 10.2 Å². The van der Waals surface area contributed by atoms with Crippen LogP contribution in [0.3, 0.4) is 0 Å². The zero-order valence-corrected chi connectivity index (χ0v) is 15.6. The number of fused-ring (bicyclic) bond motifs is 1. The number of carbonyl (C=O) groups is 3. The predicted molar refractivity (Wildman–Crippen MR) is 100 cm³/mol. The molecule has 3 N–H and O–H groups in total. The Morgan fingerprint density at radius 2 is 2.12 bits per heavy atom. The first-order valence-corrected chi connectivity index (χ1v) is 9.84. The first-order valence-electron chi connectivity index (χ1n) is 8.03. The Labute approximate surface area is 158 Å². The first kappa shape index (κ1) is 18.3. The van der Waals surface area contributed by atoms with Crippen molar-refractivity contribution in [1.29, 1.82) is 0 Å². The van der Waals surface area contributed by atoms with Crippen molar-refractivity contribution in [2.75, 3.05) is 16.4 Å². The van der Waals surface area contributed by atoms with Crippen molar-refractivity contribution in [2.45, 2.75) is 30.1 Å². The fourth-order valence-electron chi connectivity index (χ4n) is 2.41. The Morgan fingerprint density at radius 1 is 1.31 bits per heavy atom. The molecule has 136 valence electrons. The number of anilines is 2. The summed E-state index contributed by atoms with van der Waals surface area (Å²) in [5.74, 6) is -0.0806. The average Bonchev–Trinajstić information content (AvgIpc) is 3.01. The molecule has 0 saturated carbocycles. The molecule has 2 heterocycles. The van der Waals surface area contributed by atoms with Crippen LogP contribution in [0.4, 0.5) is 10.8 Å². The molecule has 3 rings (SSSR count). The molecule has 1 aliphatic rings. The van der Waals surface area contributed by atoms with E-state index in [0.29, 0.717) is 16.4 Å². The van der Waals surface area contributed by atoms with Crippen molar-refractivity contribution in [3.8, 4) is 0 Å². The molecule has 0 fully saturated rings. The van der Waals surface area contributed by atoms with Gasteiger partial charge in [0.15, 0.2) is 4.34 Å². The predicted octanol–water partition coefficient (Wildman–Crippen LogP) is 2.12. The fourth-order valence-corrected chi connectivity index (χ4v) is 4.08. The van der Waals surface area contributed by atoms with Gasteiger partial charge in [-0.1, -0.05) is 42.2 Å². The van der Waals surface area contributed by atoms with Gasteiger partial charge in [0.2, 0.25) is 16.9 Å². The highest BCUT2D eigenvalue weighted by atomic mass is 32.2. The van der Waals surface area contributed by atoms with Crippen LogP contribution in [0.5, 0.6) is 0 Å². The highest BCUT2D eigenvalue weighted by Gasteiger charge is 2.27. The van der Waals surface area contributed by atoms with E-state index in [4.69, 9.17) is 0 Å². The van der Waals surface area contributed by atoms with Crippen LogP contribution in [0.2, 0.25) is 0 Å². The molecule has 8 nitrogen and oxygen atoms in total. The number of thioether (sulfide) groups is 1. The summed E-state index contributed by atoms with van der Waals surface area (Å²) in [4.78, 5) is 36.6. The first-order chi connectivity index (χ1) is 12.6. The van der Waals surface area contributed by atoms with Crippen molar-refractivity contribution in [1.82, 2.24) is 15.5 Å². The highest BCUT2D eigenvalue weighted by Crippen LogP contribution is 2.25. The topological polar surface area (TPSA) is 113 Å². The van der Waals surface area contributed by atoms with Crippen LogP contribution in [0.15, 0.2) is 28.6 Å². The van der Waals surface area contributed by atoms with Gasteiger partial charge in [0.1, 0.15) is 6.04 Å². The van der Waals surface area contributed by atoms with Crippen molar-refractivity contribution < 1.29 is 14.4 Å². The van der Waals surface area contributed by atoms with Gasteiger partial charge in [-0.25, -0.2) is 0 Å². The van der Waals surface area contributed by atoms with Gasteiger partial charge in [-0.3, -0.25) is 14.4 Å². The quantitative estimate of drug-likeness (QED) is 0.513. The van der Waals surface area contributed by atoms with Crippen LogP contribution in [0.25, 0.3) is 0 Å². The number of rotatable bonds is 6. The SMILES string of the molecule is CCSc1nnc(NC(=O)CCC2NC(=O)c3ccccc3NC2=O)s1. The molecule has 0 saturated heterocycles. The molecule has 1 unspecified atom stereocenters. The Bertz CT molecular complexity index is 839. The molecule has 1 aromatic heterocycles. The molecule has 1 atom stereocenters. The maximum absolute atomic E-state index is 12.3. The average molecular weight is 391 g/mol. The van der Waals surface area contributed by atoms with E-state index in [9.17, 15) is 14.4 Å². The largest absolute Gasteiger partial charge is 0.340 e. The summed E-state index contributed by atoms with van der Waals surface area (Å²) in [7, 11) is 0. The van der Waals surface area contributed by atoms with Crippen LogP contribution < -0.4 is 16.0 Å². The van der Waals surface area contributed by atoms with E-state index in [1.54, 1.807) is 36.0 Å². The number of nitrogens with one attached hydrogen (secondary N) is 3. The molecule has 0 aliphatic carbocycles. The monoisotopic (exact) mass is 391 g/mol. The molecule has 1 aliphatic heterocycles. The zero-order chi connectivity index (χ0) is 18.5.